The number of hydrogen-bond acceptors (Lipinski definition) is 10. The van der Waals surface area contributed by atoms with E-state index in [1.807, 2.05) is 60.8 Å². The number of amides is 1. The fraction of sp³-hybridized carbons (Fsp3) is 0.652. The molecule has 454 valence electrons. The molecule has 1 aliphatic heterocycles. The van der Waals surface area contributed by atoms with Crippen LogP contribution in [0.5, 0.6) is 0 Å². The average Bonchev–Trinajstić information content (AvgIpc) is 3.46. The Hall–Kier alpha value is -4.20. The number of nitrogens with one attached hydrogen (secondary N) is 1. The number of aliphatic hydroxyl groups is 5. The number of unbranched alkanes of at least 4 members (excludes halogenated alkanes) is 21. The Kier molecular flexibility index (Phi) is 51.1. The zero-order valence-corrected chi connectivity index (χ0v) is 50.1. The van der Waals surface area contributed by atoms with Gasteiger partial charge in [0.2, 0.25) is 5.91 Å². The van der Waals surface area contributed by atoms with Crippen molar-refractivity contribution in [2.45, 2.75) is 275 Å². The van der Waals surface area contributed by atoms with Gasteiger partial charge in [-0.1, -0.05) is 270 Å². The van der Waals surface area contributed by atoms with E-state index in [4.69, 9.17) is 14.2 Å². The number of carbonyl (C=O) groups is 2. The van der Waals surface area contributed by atoms with Gasteiger partial charge in [0.15, 0.2) is 12.4 Å². The van der Waals surface area contributed by atoms with Crippen LogP contribution in [0.25, 0.3) is 0 Å². The molecule has 1 saturated heterocycles. The molecule has 0 radical (unpaired) electrons. The third-order valence-electron chi connectivity index (χ3n) is 13.9. The Labute approximate surface area is 486 Å². The number of carbonyl (C=O) groups excluding carboxylic acids is 2. The standard InChI is InChI=1S/C69H113NO10/c1-4-7-10-13-16-19-22-25-26-27-28-29-30-31-32-33-34-35-36-37-38-39-42-45-48-51-54-57-64(74)80-67-66(76)65(75)63(58-71)79-69(67)78-59-60(61(72)55-52-49-46-43-40-23-20-17-14-11-8-5-2)70-68(77)62(73)56-53-50-47-44-41-24-21-18-15-12-9-6-3/h7,9-10,12,15-16,18-19,21,24-26,28-29,31-32,41,44,47,50,52,55,60-63,65-67,69,71-73,75-76H,4-6,8,11,13-14,17,20,22-23,27,30,33-40,42-43,45-46,48-49,51,53-54,56-59H2,1-3H3,(H,70,77)/b10-7-,12-9+,18-15+,19-16-,24-21-,26-25-,29-28-,32-31-,44-41-,50-47+,55-52+. The van der Waals surface area contributed by atoms with Crippen LogP contribution in [0.1, 0.15) is 226 Å². The summed E-state index contributed by atoms with van der Waals surface area (Å²) in [7, 11) is 0. The molecule has 0 spiro atoms. The molecule has 6 N–H and O–H groups in total. The quantitative estimate of drug-likeness (QED) is 0.0149. The molecule has 0 aromatic heterocycles. The lowest BCUT2D eigenvalue weighted by atomic mass is 9.99. The molecule has 8 unspecified atom stereocenters. The van der Waals surface area contributed by atoms with Gasteiger partial charge < -0.3 is 45.1 Å². The minimum absolute atomic E-state index is 0.103. The lowest BCUT2D eigenvalue weighted by Gasteiger charge is -2.41. The van der Waals surface area contributed by atoms with Crippen LogP contribution in [0.3, 0.4) is 0 Å². The van der Waals surface area contributed by atoms with E-state index < -0.39 is 67.4 Å². The zero-order chi connectivity index (χ0) is 58.2. The molecule has 1 aliphatic rings. The maximum atomic E-state index is 13.3. The SMILES string of the molecule is CC/C=C\C/C=C\C/C=C\C/C=C\C/C=C\CCCCCCCCCCCCCC(=O)OC1C(OCC(NC(=O)C(O)CC/C=C/C=C\C=C/C=C/C=C/CC)C(O)/C=C/CCCCCCCCCCCC)OC(CO)C(O)C1O. The lowest BCUT2D eigenvalue weighted by Crippen LogP contribution is -2.61. The summed E-state index contributed by atoms with van der Waals surface area (Å²) in [5, 5.41) is 56.8. The van der Waals surface area contributed by atoms with Crippen LogP contribution in [-0.4, -0.2) is 99.6 Å². The highest BCUT2D eigenvalue weighted by atomic mass is 16.7. The molecule has 11 heteroatoms. The predicted molar refractivity (Wildman–Crippen MR) is 333 cm³/mol. The van der Waals surface area contributed by atoms with Gasteiger partial charge >= 0.3 is 5.97 Å². The van der Waals surface area contributed by atoms with Crippen molar-refractivity contribution in [2.24, 2.45) is 0 Å². The molecule has 1 heterocycles. The summed E-state index contributed by atoms with van der Waals surface area (Å²) in [5.41, 5.74) is 0. The first-order valence-corrected chi connectivity index (χ1v) is 31.5. The smallest absolute Gasteiger partial charge is 0.306 e. The van der Waals surface area contributed by atoms with Gasteiger partial charge in [-0.2, -0.15) is 0 Å². The van der Waals surface area contributed by atoms with Gasteiger partial charge in [-0.15, -0.1) is 0 Å². The third kappa shape index (κ3) is 42.6. The molecule has 1 fully saturated rings. The number of aliphatic hydroxyl groups excluding tert-OH is 5. The monoisotopic (exact) mass is 1120 g/mol. The number of allylic oxidation sites excluding steroid dienone is 21. The Balaban J connectivity index is 2.61. The van der Waals surface area contributed by atoms with Crippen molar-refractivity contribution in [1.29, 1.82) is 0 Å². The van der Waals surface area contributed by atoms with Crippen molar-refractivity contribution < 1.29 is 49.3 Å². The molecular weight excluding hydrogens is 1000 g/mol. The second-order valence-electron chi connectivity index (χ2n) is 21.1. The van der Waals surface area contributed by atoms with Gasteiger partial charge in [-0.05, 0) is 83.5 Å². The van der Waals surface area contributed by atoms with E-state index in [2.05, 4.69) is 92.9 Å². The third-order valence-corrected chi connectivity index (χ3v) is 13.9. The minimum Gasteiger partial charge on any atom is -0.454 e. The molecule has 0 bridgehead atoms. The number of ether oxygens (including phenoxy) is 3. The van der Waals surface area contributed by atoms with Crippen molar-refractivity contribution in [3.8, 4) is 0 Å². The van der Waals surface area contributed by atoms with Gasteiger partial charge in [-0.25, -0.2) is 0 Å². The van der Waals surface area contributed by atoms with Crippen LogP contribution in [0, 0.1) is 0 Å². The Morgan fingerprint density at radius 3 is 1.48 bits per heavy atom. The molecule has 11 nitrogen and oxygen atoms in total. The topological polar surface area (TPSA) is 175 Å². The first kappa shape index (κ1) is 73.8. The summed E-state index contributed by atoms with van der Waals surface area (Å²) < 4.78 is 17.6. The molecule has 1 rings (SSSR count). The summed E-state index contributed by atoms with van der Waals surface area (Å²) in [6.07, 6.45) is 68.0. The Bertz CT molecular complexity index is 1810. The normalized spacial score (nSPS) is 19.7. The average molecular weight is 1120 g/mol. The van der Waals surface area contributed by atoms with Crippen LogP contribution in [0.15, 0.2) is 134 Å². The molecule has 0 aromatic rings. The molecule has 0 saturated carbocycles. The zero-order valence-electron chi connectivity index (χ0n) is 50.1. The van der Waals surface area contributed by atoms with Gasteiger partial charge in [0, 0.05) is 6.42 Å². The summed E-state index contributed by atoms with van der Waals surface area (Å²) in [6.45, 7) is 5.46. The van der Waals surface area contributed by atoms with Gasteiger partial charge in [-0.3, -0.25) is 9.59 Å². The first-order chi connectivity index (χ1) is 39.2. The second kappa shape index (κ2) is 55.3. The number of esters is 1. The maximum Gasteiger partial charge on any atom is 0.306 e. The highest BCUT2D eigenvalue weighted by Crippen LogP contribution is 2.26. The highest BCUT2D eigenvalue weighted by molar-refractivity contribution is 5.80. The Morgan fingerprint density at radius 2 is 0.963 bits per heavy atom. The second-order valence-corrected chi connectivity index (χ2v) is 21.1. The predicted octanol–water partition coefficient (Wildman–Crippen LogP) is 15.2. The number of rotatable bonds is 51. The van der Waals surface area contributed by atoms with Crippen LogP contribution in [0.4, 0.5) is 0 Å². The first-order valence-electron chi connectivity index (χ1n) is 31.5. The largest absolute Gasteiger partial charge is 0.454 e. The van der Waals surface area contributed by atoms with Crippen LogP contribution < -0.4 is 5.32 Å². The van der Waals surface area contributed by atoms with Crippen LogP contribution in [-0.2, 0) is 23.8 Å². The van der Waals surface area contributed by atoms with E-state index in [0.29, 0.717) is 12.8 Å². The van der Waals surface area contributed by atoms with E-state index in [0.717, 1.165) is 96.3 Å². The summed E-state index contributed by atoms with van der Waals surface area (Å²) >= 11 is 0. The summed E-state index contributed by atoms with van der Waals surface area (Å²) in [6, 6.07) is -1.07. The minimum atomic E-state index is -1.64. The van der Waals surface area contributed by atoms with Crippen molar-refractivity contribution in [3.05, 3.63) is 134 Å². The molecule has 8 atom stereocenters. The summed E-state index contributed by atoms with van der Waals surface area (Å²) in [5.74, 6) is -1.29. The van der Waals surface area contributed by atoms with Gasteiger partial charge in [0.25, 0.3) is 0 Å². The van der Waals surface area contributed by atoms with Crippen LogP contribution in [0.2, 0.25) is 0 Å². The van der Waals surface area contributed by atoms with Crippen molar-refractivity contribution >= 4 is 11.9 Å². The van der Waals surface area contributed by atoms with Crippen molar-refractivity contribution in [1.82, 2.24) is 5.32 Å². The Morgan fingerprint density at radius 1 is 0.512 bits per heavy atom. The molecule has 1 amide bonds. The van der Waals surface area contributed by atoms with E-state index in [1.165, 1.54) is 83.5 Å². The molecule has 0 aromatic carbocycles. The van der Waals surface area contributed by atoms with E-state index >= 15 is 0 Å². The molecule has 80 heavy (non-hydrogen) atoms. The lowest BCUT2D eigenvalue weighted by molar-refractivity contribution is -0.305. The number of hydrogen-bond donors (Lipinski definition) is 6. The van der Waals surface area contributed by atoms with Gasteiger partial charge in [0.1, 0.15) is 24.4 Å². The highest BCUT2D eigenvalue weighted by Gasteiger charge is 2.47. The molecule has 0 aliphatic carbocycles. The fourth-order valence-electron chi connectivity index (χ4n) is 9.00. The summed E-state index contributed by atoms with van der Waals surface area (Å²) in [4.78, 5) is 26.5. The van der Waals surface area contributed by atoms with E-state index in [1.54, 1.807) is 6.08 Å². The van der Waals surface area contributed by atoms with Gasteiger partial charge in [0.05, 0.1) is 25.4 Å². The van der Waals surface area contributed by atoms with E-state index in [-0.39, 0.29) is 19.4 Å². The fourth-order valence-corrected chi connectivity index (χ4v) is 9.00. The molecular formula is C69H113NO10. The van der Waals surface area contributed by atoms with Crippen molar-refractivity contribution in [3.63, 3.8) is 0 Å². The van der Waals surface area contributed by atoms with E-state index in [9.17, 15) is 35.1 Å². The van der Waals surface area contributed by atoms with Crippen LogP contribution >= 0.6 is 0 Å². The maximum absolute atomic E-state index is 13.3. The van der Waals surface area contributed by atoms with Crippen molar-refractivity contribution in [2.75, 3.05) is 13.2 Å².